The fourth-order valence-electron chi connectivity index (χ4n) is 1.01. The van der Waals surface area contributed by atoms with Crippen molar-refractivity contribution in [2.75, 3.05) is 13.2 Å². The van der Waals surface area contributed by atoms with Crippen LogP contribution in [0.2, 0.25) is 0 Å². The van der Waals surface area contributed by atoms with Gasteiger partial charge in [-0.25, -0.2) is 0 Å². The van der Waals surface area contributed by atoms with Crippen molar-refractivity contribution in [3.8, 4) is 0 Å². The Hall–Kier alpha value is -1.55. The van der Waals surface area contributed by atoms with Crippen molar-refractivity contribution < 1.29 is 14.3 Å². The number of hydrogen-bond acceptors (Lipinski definition) is 4. The van der Waals surface area contributed by atoms with E-state index < -0.39 is 0 Å². The average molecular weight is 213 g/mol. The molecular formula is C9H15N3O3. The first-order valence-electron chi connectivity index (χ1n) is 4.89. The van der Waals surface area contributed by atoms with E-state index in [0.717, 1.165) is 0 Å². The number of nitrogens with zero attached hydrogens (tertiary/aromatic N) is 3. The Morgan fingerprint density at radius 2 is 2.07 bits per heavy atom. The van der Waals surface area contributed by atoms with Gasteiger partial charge in [-0.15, -0.1) is 0 Å². The topological polar surface area (TPSA) is 92.1 Å². The number of carbonyl (C=O) groups excluding carboxylic acids is 2. The lowest BCUT2D eigenvalue weighted by molar-refractivity contribution is -0.143. The largest absolute Gasteiger partial charge is 0.466 e. The lowest BCUT2D eigenvalue weighted by atomic mass is 10.1. The van der Waals surface area contributed by atoms with Crippen molar-refractivity contribution in [1.82, 2.24) is 0 Å². The Kier molecular flexibility index (Phi) is 8.09. The predicted octanol–water partition coefficient (Wildman–Crippen LogP) is 1.99. The molecule has 0 spiro atoms. The fourth-order valence-corrected chi connectivity index (χ4v) is 1.01. The molecule has 0 bridgehead atoms. The zero-order valence-corrected chi connectivity index (χ0v) is 8.81. The van der Waals surface area contributed by atoms with E-state index >= 15 is 0 Å². The van der Waals surface area contributed by atoms with Gasteiger partial charge in [0.2, 0.25) is 0 Å². The maximum atomic E-state index is 11.1. The van der Waals surface area contributed by atoms with Crippen molar-refractivity contribution in [3.05, 3.63) is 10.4 Å². The summed E-state index contributed by atoms with van der Waals surface area (Å²) in [6, 6.07) is 0. The molecule has 0 rings (SSSR count). The molecule has 0 fully saturated rings. The van der Waals surface area contributed by atoms with Crippen LogP contribution in [-0.4, -0.2) is 24.9 Å². The smallest absolute Gasteiger partial charge is 0.305 e. The highest BCUT2D eigenvalue weighted by atomic mass is 16.5. The van der Waals surface area contributed by atoms with Gasteiger partial charge in [0.05, 0.1) is 6.61 Å². The van der Waals surface area contributed by atoms with E-state index in [1.54, 1.807) is 6.92 Å². The maximum Gasteiger partial charge on any atom is 0.305 e. The summed E-state index contributed by atoms with van der Waals surface area (Å²) in [6.07, 6.45) is 1.34. The van der Waals surface area contributed by atoms with Crippen LogP contribution in [0.4, 0.5) is 0 Å². The Morgan fingerprint density at radius 3 is 2.67 bits per heavy atom. The number of carbonyl (C=O) groups is 2. The van der Waals surface area contributed by atoms with E-state index in [1.807, 2.05) is 0 Å². The lowest BCUT2D eigenvalue weighted by Gasteiger charge is -2.00. The summed E-state index contributed by atoms with van der Waals surface area (Å²) in [5.74, 6) is -0.271. The highest BCUT2D eigenvalue weighted by molar-refractivity contribution is 5.79. The Bertz CT molecular complexity index is 259. The number of Topliss-reactive ketones (excluding diaryl/α,β-unsaturated/α-hetero) is 1. The van der Waals surface area contributed by atoms with E-state index in [-0.39, 0.29) is 31.1 Å². The third-order valence-electron chi connectivity index (χ3n) is 1.70. The van der Waals surface area contributed by atoms with E-state index in [4.69, 9.17) is 10.3 Å². The quantitative estimate of drug-likeness (QED) is 0.267. The number of esters is 1. The van der Waals surface area contributed by atoms with Gasteiger partial charge in [0.1, 0.15) is 5.78 Å². The second kappa shape index (κ2) is 9.02. The van der Waals surface area contributed by atoms with Gasteiger partial charge < -0.3 is 4.74 Å². The van der Waals surface area contributed by atoms with E-state index in [9.17, 15) is 9.59 Å². The number of ether oxygens (including phenoxy) is 1. The monoisotopic (exact) mass is 213 g/mol. The molecule has 0 aliphatic carbocycles. The molecule has 0 heterocycles. The molecule has 6 heteroatoms. The molecule has 0 aliphatic heterocycles. The summed E-state index contributed by atoms with van der Waals surface area (Å²) >= 11 is 0. The summed E-state index contributed by atoms with van der Waals surface area (Å²) in [5.41, 5.74) is 7.97. The highest BCUT2D eigenvalue weighted by Crippen LogP contribution is 2.01. The van der Waals surface area contributed by atoms with Gasteiger partial charge in [-0.3, -0.25) is 9.59 Å². The number of ketones is 1. The minimum Gasteiger partial charge on any atom is -0.466 e. The van der Waals surface area contributed by atoms with Crippen molar-refractivity contribution in [2.24, 2.45) is 5.11 Å². The van der Waals surface area contributed by atoms with Crippen LogP contribution in [0.3, 0.4) is 0 Å². The molecule has 0 aromatic rings. The summed E-state index contributed by atoms with van der Waals surface area (Å²) in [5, 5.41) is 3.25. The zero-order valence-electron chi connectivity index (χ0n) is 8.81. The number of rotatable bonds is 8. The summed E-state index contributed by atoms with van der Waals surface area (Å²) in [4.78, 5) is 24.5. The first-order valence-corrected chi connectivity index (χ1v) is 4.89. The van der Waals surface area contributed by atoms with Crippen LogP contribution < -0.4 is 0 Å². The van der Waals surface area contributed by atoms with Crippen molar-refractivity contribution in [1.29, 1.82) is 0 Å². The first kappa shape index (κ1) is 13.4. The van der Waals surface area contributed by atoms with Crippen molar-refractivity contribution in [2.45, 2.75) is 32.6 Å². The highest BCUT2D eigenvalue weighted by Gasteiger charge is 2.05. The Labute approximate surface area is 88.2 Å². The molecule has 0 N–H and O–H groups in total. The second-order valence-corrected chi connectivity index (χ2v) is 2.90. The molecule has 0 aromatic carbocycles. The van der Waals surface area contributed by atoms with Crippen LogP contribution in [-0.2, 0) is 14.3 Å². The SMILES string of the molecule is CCOC(=O)CCCC(=O)CCN=[N+]=[N-]. The molecular weight excluding hydrogens is 198 g/mol. The van der Waals surface area contributed by atoms with E-state index in [0.29, 0.717) is 19.4 Å². The summed E-state index contributed by atoms with van der Waals surface area (Å²) in [7, 11) is 0. The molecule has 0 amide bonds. The van der Waals surface area contributed by atoms with Gasteiger partial charge in [0.15, 0.2) is 0 Å². The summed E-state index contributed by atoms with van der Waals surface area (Å²) in [6.45, 7) is 2.29. The molecule has 0 aromatic heterocycles. The normalized spacial score (nSPS) is 9.13. The van der Waals surface area contributed by atoms with Gasteiger partial charge in [0.25, 0.3) is 0 Å². The Morgan fingerprint density at radius 1 is 1.33 bits per heavy atom. The van der Waals surface area contributed by atoms with Gasteiger partial charge >= 0.3 is 5.97 Å². The molecule has 0 unspecified atom stereocenters. The van der Waals surface area contributed by atoms with Crippen LogP contribution in [0, 0.1) is 0 Å². The maximum absolute atomic E-state index is 11.1. The molecule has 0 saturated carbocycles. The zero-order chi connectivity index (χ0) is 11.5. The van der Waals surface area contributed by atoms with Crippen LogP contribution in [0.15, 0.2) is 5.11 Å². The van der Waals surface area contributed by atoms with Crippen molar-refractivity contribution in [3.63, 3.8) is 0 Å². The number of azide groups is 1. The Balaban J connectivity index is 3.46. The van der Waals surface area contributed by atoms with Crippen LogP contribution in [0.5, 0.6) is 0 Å². The minimum absolute atomic E-state index is 0.00620. The van der Waals surface area contributed by atoms with Gasteiger partial charge in [-0.05, 0) is 18.9 Å². The molecule has 0 atom stereocenters. The van der Waals surface area contributed by atoms with E-state index in [2.05, 4.69) is 10.0 Å². The van der Waals surface area contributed by atoms with E-state index in [1.165, 1.54) is 0 Å². The first-order chi connectivity index (χ1) is 7.20. The molecule has 0 saturated heterocycles. The van der Waals surface area contributed by atoms with Crippen molar-refractivity contribution >= 4 is 11.8 Å². The second-order valence-electron chi connectivity index (χ2n) is 2.90. The standard InChI is InChI=1S/C9H15N3O3/c1-2-15-9(14)5-3-4-8(13)6-7-11-12-10/h2-7H2,1H3. The predicted molar refractivity (Wildman–Crippen MR) is 54.1 cm³/mol. The molecule has 0 aliphatic rings. The van der Waals surface area contributed by atoms with Gasteiger partial charge in [0, 0.05) is 30.7 Å². The molecule has 84 valence electrons. The average Bonchev–Trinajstić information content (AvgIpc) is 2.18. The molecule has 0 radical (unpaired) electrons. The van der Waals surface area contributed by atoms with Crippen LogP contribution >= 0.6 is 0 Å². The van der Waals surface area contributed by atoms with Crippen LogP contribution in [0.1, 0.15) is 32.6 Å². The molecule has 6 nitrogen and oxygen atoms in total. The molecule has 15 heavy (non-hydrogen) atoms. The minimum atomic E-state index is -0.277. The third kappa shape index (κ3) is 8.77. The van der Waals surface area contributed by atoms with Crippen LogP contribution in [0.25, 0.3) is 10.4 Å². The lowest BCUT2D eigenvalue weighted by Crippen LogP contribution is -2.06. The van der Waals surface area contributed by atoms with Gasteiger partial charge in [-0.1, -0.05) is 5.11 Å². The van der Waals surface area contributed by atoms with Gasteiger partial charge in [-0.2, -0.15) is 0 Å². The number of hydrogen-bond donors (Lipinski definition) is 0. The fraction of sp³-hybridized carbons (Fsp3) is 0.778. The summed E-state index contributed by atoms with van der Waals surface area (Å²) < 4.78 is 4.71. The third-order valence-corrected chi connectivity index (χ3v) is 1.70.